The molecule has 2 aromatic rings. The lowest BCUT2D eigenvalue weighted by atomic mass is 9.81. The summed E-state index contributed by atoms with van der Waals surface area (Å²) in [5, 5.41) is 3.72. The predicted octanol–water partition coefficient (Wildman–Crippen LogP) is 3.85. The standard InChI is InChI=1S/C33H47N3O6/c1-24(33(37)36-12-16-40-17-13-36)19-27-21-29(26-6-8-28(39-3)9-7-26)32(22-34-27)42-23-25-5-10-31-30(20-25)35(14-18-41-31)11-4-15-38-2/h5-10,20,24,27,29,32,34H,4,11-19,21-23H2,1-3H3/t24?,27-,29+,32-/m0/s1. The second-order valence-electron chi connectivity index (χ2n) is 11.6. The van der Waals surface area contributed by atoms with Crippen molar-refractivity contribution in [1.82, 2.24) is 10.2 Å². The van der Waals surface area contributed by atoms with Gasteiger partial charge in [0.2, 0.25) is 5.91 Å². The zero-order valence-corrected chi connectivity index (χ0v) is 25.4. The molecule has 1 amide bonds. The quantitative estimate of drug-likeness (QED) is 0.379. The summed E-state index contributed by atoms with van der Waals surface area (Å²) in [5.41, 5.74) is 3.50. The van der Waals surface area contributed by atoms with Crippen LogP contribution in [0.4, 0.5) is 5.69 Å². The molecule has 3 aliphatic rings. The number of morpholine rings is 1. The van der Waals surface area contributed by atoms with E-state index in [0.717, 1.165) is 68.3 Å². The van der Waals surface area contributed by atoms with E-state index in [1.54, 1.807) is 14.2 Å². The monoisotopic (exact) mass is 581 g/mol. The number of carbonyl (C=O) groups excluding carboxylic acids is 1. The Hall–Kier alpha value is -2.85. The first kappa shape index (κ1) is 30.6. The molecule has 230 valence electrons. The molecule has 0 spiro atoms. The summed E-state index contributed by atoms with van der Waals surface area (Å²) in [7, 11) is 3.44. The smallest absolute Gasteiger partial charge is 0.225 e. The Morgan fingerprint density at radius 1 is 1.07 bits per heavy atom. The SMILES string of the molecule is COCCCN1CCOc2ccc(CO[C@H]3CN[C@@H](CC(C)C(=O)N4CCOCC4)C[C@@H]3c3ccc(OC)cc3)cc21. The van der Waals surface area contributed by atoms with E-state index in [4.69, 9.17) is 23.7 Å². The van der Waals surface area contributed by atoms with E-state index >= 15 is 0 Å². The van der Waals surface area contributed by atoms with Crippen molar-refractivity contribution in [2.24, 2.45) is 5.92 Å². The molecule has 1 N–H and O–H groups in total. The second kappa shape index (κ2) is 15.0. The first-order valence-corrected chi connectivity index (χ1v) is 15.4. The minimum Gasteiger partial charge on any atom is -0.497 e. The lowest BCUT2D eigenvalue weighted by molar-refractivity contribution is -0.139. The van der Waals surface area contributed by atoms with Gasteiger partial charge >= 0.3 is 0 Å². The maximum atomic E-state index is 13.1. The van der Waals surface area contributed by atoms with Crippen LogP contribution < -0.4 is 19.7 Å². The van der Waals surface area contributed by atoms with Crippen molar-refractivity contribution in [3.8, 4) is 11.5 Å². The molecule has 2 fully saturated rings. The molecule has 2 aromatic carbocycles. The van der Waals surface area contributed by atoms with Gasteiger partial charge in [-0.2, -0.15) is 0 Å². The zero-order valence-electron chi connectivity index (χ0n) is 25.4. The maximum absolute atomic E-state index is 13.1. The number of hydrogen-bond acceptors (Lipinski definition) is 8. The van der Waals surface area contributed by atoms with Crippen molar-refractivity contribution < 1.29 is 28.5 Å². The highest BCUT2D eigenvalue weighted by Gasteiger charge is 2.34. The van der Waals surface area contributed by atoms with Gasteiger partial charge in [0, 0.05) is 57.8 Å². The van der Waals surface area contributed by atoms with Gasteiger partial charge in [0.05, 0.1) is 45.3 Å². The summed E-state index contributed by atoms with van der Waals surface area (Å²) < 4.78 is 28.7. The number of piperidine rings is 1. The van der Waals surface area contributed by atoms with Gasteiger partial charge in [0.25, 0.3) is 0 Å². The summed E-state index contributed by atoms with van der Waals surface area (Å²) in [4.78, 5) is 17.4. The van der Waals surface area contributed by atoms with Gasteiger partial charge in [-0.05, 0) is 54.7 Å². The van der Waals surface area contributed by atoms with E-state index in [1.807, 2.05) is 17.0 Å². The average Bonchev–Trinajstić information content (AvgIpc) is 3.04. The number of fused-ring (bicyclic) bond motifs is 1. The molecule has 5 rings (SSSR count). The number of benzene rings is 2. The van der Waals surface area contributed by atoms with E-state index < -0.39 is 0 Å². The maximum Gasteiger partial charge on any atom is 0.225 e. The van der Waals surface area contributed by atoms with E-state index in [9.17, 15) is 4.79 Å². The molecular formula is C33H47N3O6. The van der Waals surface area contributed by atoms with Crippen molar-refractivity contribution in [2.45, 2.75) is 50.9 Å². The Kier molecular flexibility index (Phi) is 11.0. The molecule has 3 aliphatic heterocycles. The van der Waals surface area contributed by atoms with Gasteiger partial charge in [-0.15, -0.1) is 0 Å². The van der Waals surface area contributed by atoms with Crippen LogP contribution in [0.3, 0.4) is 0 Å². The normalized spacial score (nSPS) is 23.2. The van der Waals surface area contributed by atoms with Crippen LogP contribution in [0, 0.1) is 5.92 Å². The first-order chi connectivity index (χ1) is 20.6. The first-order valence-electron chi connectivity index (χ1n) is 15.4. The number of nitrogens with zero attached hydrogens (tertiary/aromatic N) is 2. The largest absolute Gasteiger partial charge is 0.497 e. The highest BCUT2D eigenvalue weighted by atomic mass is 16.5. The molecule has 9 heteroatoms. The Labute approximate surface area is 250 Å². The molecule has 42 heavy (non-hydrogen) atoms. The molecule has 0 aromatic heterocycles. The molecule has 0 aliphatic carbocycles. The summed E-state index contributed by atoms with van der Waals surface area (Å²) in [6.45, 7) is 9.20. The molecule has 0 bridgehead atoms. The van der Waals surface area contributed by atoms with Gasteiger partial charge in [-0.3, -0.25) is 4.79 Å². The molecule has 0 radical (unpaired) electrons. The van der Waals surface area contributed by atoms with Crippen LogP contribution in [0.2, 0.25) is 0 Å². The minimum atomic E-state index is -0.0425. The molecule has 2 saturated heterocycles. The number of rotatable bonds is 12. The van der Waals surface area contributed by atoms with Crippen molar-refractivity contribution in [3.05, 3.63) is 53.6 Å². The van der Waals surface area contributed by atoms with Gasteiger partial charge in [0.1, 0.15) is 18.1 Å². The van der Waals surface area contributed by atoms with Crippen LogP contribution in [0.5, 0.6) is 11.5 Å². The van der Waals surface area contributed by atoms with Gasteiger partial charge in [-0.25, -0.2) is 0 Å². The van der Waals surface area contributed by atoms with Gasteiger partial charge in [0.15, 0.2) is 0 Å². The zero-order chi connectivity index (χ0) is 29.3. The number of methoxy groups -OCH3 is 2. The van der Waals surface area contributed by atoms with E-state index in [0.29, 0.717) is 39.5 Å². The van der Waals surface area contributed by atoms with Crippen LogP contribution in [0.1, 0.15) is 43.2 Å². The Morgan fingerprint density at radius 3 is 2.64 bits per heavy atom. The fraction of sp³-hybridized carbons (Fsp3) is 0.606. The number of amides is 1. The van der Waals surface area contributed by atoms with Crippen LogP contribution in [0.15, 0.2) is 42.5 Å². The highest BCUT2D eigenvalue weighted by molar-refractivity contribution is 5.78. The fourth-order valence-electron chi connectivity index (χ4n) is 6.39. The molecule has 4 atom stereocenters. The minimum absolute atomic E-state index is 0.00461. The molecular weight excluding hydrogens is 534 g/mol. The Morgan fingerprint density at radius 2 is 1.88 bits per heavy atom. The third kappa shape index (κ3) is 7.75. The third-order valence-electron chi connectivity index (χ3n) is 8.74. The average molecular weight is 582 g/mol. The molecule has 0 saturated carbocycles. The molecule has 1 unspecified atom stereocenters. The van der Waals surface area contributed by atoms with Gasteiger partial charge in [-0.1, -0.05) is 25.1 Å². The topological polar surface area (TPSA) is 81.7 Å². The number of nitrogens with one attached hydrogen (secondary N) is 1. The van der Waals surface area contributed by atoms with E-state index in [2.05, 4.69) is 47.5 Å². The van der Waals surface area contributed by atoms with Crippen molar-refractivity contribution in [3.63, 3.8) is 0 Å². The Bertz CT molecular complexity index is 1140. The fourth-order valence-corrected chi connectivity index (χ4v) is 6.39. The van der Waals surface area contributed by atoms with E-state index in [1.165, 1.54) is 5.56 Å². The van der Waals surface area contributed by atoms with Crippen LogP contribution in [0.25, 0.3) is 0 Å². The van der Waals surface area contributed by atoms with Crippen LogP contribution >= 0.6 is 0 Å². The predicted molar refractivity (Wildman–Crippen MR) is 163 cm³/mol. The van der Waals surface area contributed by atoms with Crippen LogP contribution in [-0.2, 0) is 25.6 Å². The van der Waals surface area contributed by atoms with Crippen molar-refractivity contribution in [1.29, 1.82) is 0 Å². The second-order valence-corrected chi connectivity index (χ2v) is 11.6. The Balaban J connectivity index is 1.25. The lowest BCUT2D eigenvalue weighted by Crippen LogP contribution is -2.49. The van der Waals surface area contributed by atoms with E-state index in [-0.39, 0.29) is 29.9 Å². The third-order valence-corrected chi connectivity index (χ3v) is 8.74. The lowest BCUT2D eigenvalue weighted by Gasteiger charge is -2.39. The summed E-state index contributed by atoms with van der Waals surface area (Å²) in [6, 6.07) is 15.0. The summed E-state index contributed by atoms with van der Waals surface area (Å²) in [6.07, 6.45) is 2.69. The number of hydrogen-bond donors (Lipinski definition) is 1. The molecule has 9 nitrogen and oxygen atoms in total. The van der Waals surface area contributed by atoms with Crippen LogP contribution in [-0.4, -0.2) is 96.3 Å². The number of anilines is 1. The summed E-state index contributed by atoms with van der Waals surface area (Å²) in [5.74, 6) is 2.17. The summed E-state index contributed by atoms with van der Waals surface area (Å²) >= 11 is 0. The van der Waals surface area contributed by atoms with Crippen molar-refractivity contribution >= 4 is 11.6 Å². The van der Waals surface area contributed by atoms with Gasteiger partial charge < -0.3 is 38.8 Å². The number of carbonyl (C=O) groups is 1. The van der Waals surface area contributed by atoms with Crippen molar-refractivity contribution in [2.75, 3.05) is 78.3 Å². The molecule has 3 heterocycles. The number of ether oxygens (including phenoxy) is 5. The highest BCUT2D eigenvalue weighted by Crippen LogP contribution is 2.36.